The fraction of sp³-hybridized carbons (Fsp3) is 0.400. The number of hydrogen-bond acceptors (Lipinski definition) is 3. The van der Waals surface area contributed by atoms with Gasteiger partial charge in [-0.25, -0.2) is 9.97 Å². The highest BCUT2D eigenvalue weighted by atomic mass is 15.2. The molecule has 0 amide bonds. The molecular weight excluding hydrogens is 176 g/mol. The van der Waals surface area contributed by atoms with E-state index in [-0.39, 0.29) is 1.43 Å². The van der Waals surface area contributed by atoms with E-state index in [9.17, 15) is 0 Å². The lowest BCUT2D eigenvalue weighted by Gasteiger charge is -2.17. The van der Waals surface area contributed by atoms with E-state index < -0.39 is 0 Å². The van der Waals surface area contributed by atoms with E-state index in [4.69, 9.17) is 0 Å². The molecule has 2 aromatic heterocycles. The van der Waals surface area contributed by atoms with Gasteiger partial charge in [-0.3, -0.25) is 0 Å². The van der Waals surface area contributed by atoms with Gasteiger partial charge < -0.3 is 9.88 Å². The maximum atomic E-state index is 4.29. The third kappa shape index (κ3) is 1.43. The van der Waals surface area contributed by atoms with Crippen LogP contribution in [-0.2, 0) is 0 Å². The highest BCUT2D eigenvalue weighted by Crippen LogP contribution is 2.20. The summed E-state index contributed by atoms with van der Waals surface area (Å²) in [6, 6.07) is 2.01. The van der Waals surface area contributed by atoms with E-state index in [0.717, 1.165) is 29.8 Å². The molecule has 0 aromatic carbocycles. The van der Waals surface area contributed by atoms with E-state index in [1.54, 1.807) is 6.33 Å². The van der Waals surface area contributed by atoms with Crippen LogP contribution in [0.2, 0.25) is 0 Å². The topological polar surface area (TPSA) is 44.8 Å². The third-order valence-electron chi connectivity index (χ3n) is 2.25. The molecule has 0 aliphatic rings. The maximum absolute atomic E-state index is 4.29. The van der Waals surface area contributed by atoms with Crippen LogP contribution in [0.5, 0.6) is 0 Å². The number of fused-ring (bicyclic) bond motifs is 1. The molecule has 0 saturated carbocycles. The Labute approximate surface area is 84.5 Å². The number of rotatable bonds is 3. The minimum Gasteiger partial charge on any atom is -0.359 e. The molecule has 0 aliphatic carbocycles. The van der Waals surface area contributed by atoms with E-state index in [1.165, 1.54) is 0 Å². The zero-order valence-corrected chi connectivity index (χ0v) is 8.49. The molecule has 76 valence electrons. The van der Waals surface area contributed by atoms with Crippen LogP contribution in [0, 0.1) is 0 Å². The Kier molecular flexibility index (Phi) is 2.35. The van der Waals surface area contributed by atoms with Gasteiger partial charge in [0.15, 0.2) is 0 Å². The first-order valence-corrected chi connectivity index (χ1v) is 4.82. The summed E-state index contributed by atoms with van der Waals surface area (Å²) in [4.78, 5) is 13.7. The van der Waals surface area contributed by atoms with E-state index in [1.807, 2.05) is 12.3 Å². The predicted molar refractivity (Wildman–Crippen MR) is 59.6 cm³/mol. The summed E-state index contributed by atoms with van der Waals surface area (Å²) in [5.41, 5.74) is 0.901. The van der Waals surface area contributed by atoms with Crippen LogP contribution in [0.1, 0.15) is 14.8 Å². The number of hydrogen-bond donors (Lipinski definition) is 1. The Balaban J connectivity index is 0.00000112. The fourth-order valence-corrected chi connectivity index (χ4v) is 1.60. The molecule has 0 unspecified atom stereocenters. The molecule has 0 fully saturated rings. The predicted octanol–water partition coefficient (Wildman–Crippen LogP) is 2.05. The summed E-state index contributed by atoms with van der Waals surface area (Å²) >= 11 is 0. The number of nitrogens with one attached hydrogen (secondary N) is 1. The Hall–Kier alpha value is -1.58. The zero-order chi connectivity index (χ0) is 9.97. The second kappa shape index (κ2) is 3.65. The van der Waals surface area contributed by atoms with Gasteiger partial charge in [0.05, 0.1) is 5.39 Å². The van der Waals surface area contributed by atoms with Crippen LogP contribution in [0.25, 0.3) is 11.0 Å². The van der Waals surface area contributed by atoms with Gasteiger partial charge in [0.1, 0.15) is 17.8 Å². The van der Waals surface area contributed by atoms with E-state index in [2.05, 4.69) is 33.8 Å². The van der Waals surface area contributed by atoms with Crippen molar-refractivity contribution in [3.63, 3.8) is 0 Å². The molecule has 0 saturated heterocycles. The van der Waals surface area contributed by atoms with Crippen molar-refractivity contribution in [2.45, 2.75) is 13.3 Å². The lowest BCUT2D eigenvalue weighted by molar-refractivity contribution is 0.840. The van der Waals surface area contributed by atoms with Crippen molar-refractivity contribution >= 4 is 16.9 Å². The fourth-order valence-electron chi connectivity index (χ4n) is 1.60. The van der Waals surface area contributed by atoms with Crippen LogP contribution in [0.15, 0.2) is 18.6 Å². The van der Waals surface area contributed by atoms with Crippen molar-refractivity contribution in [1.82, 2.24) is 15.0 Å². The molecule has 14 heavy (non-hydrogen) atoms. The van der Waals surface area contributed by atoms with E-state index in [0.29, 0.717) is 0 Å². The highest BCUT2D eigenvalue weighted by Gasteiger charge is 2.07. The highest BCUT2D eigenvalue weighted by molar-refractivity contribution is 5.87. The van der Waals surface area contributed by atoms with Crippen molar-refractivity contribution in [2.75, 3.05) is 18.5 Å². The standard InChI is InChI=1S/C10H14N4.H2/c1-3-6-14(2)10-8-4-5-11-9(8)12-7-13-10;/h4-5,7H,3,6H2,1-2H3,(H,11,12,13);1H. The summed E-state index contributed by atoms with van der Waals surface area (Å²) < 4.78 is 0. The SMILES string of the molecule is CCCN(C)c1ncnc2[nH]ccc12.[HH]. The van der Waals surface area contributed by atoms with Crippen LogP contribution in [-0.4, -0.2) is 28.5 Å². The van der Waals surface area contributed by atoms with Gasteiger partial charge in [-0.15, -0.1) is 0 Å². The molecule has 2 rings (SSSR count). The van der Waals surface area contributed by atoms with Crippen molar-refractivity contribution in [3.8, 4) is 0 Å². The smallest absolute Gasteiger partial charge is 0.142 e. The molecular formula is C10H16N4. The summed E-state index contributed by atoms with van der Waals surface area (Å²) in [7, 11) is 2.05. The minimum absolute atomic E-state index is 0. The summed E-state index contributed by atoms with van der Waals surface area (Å²) in [6.07, 6.45) is 4.61. The first-order valence-electron chi connectivity index (χ1n) is 4.82. The van der Waals surface area contributed by atoms with Crippen LogP contribution in [0.4, 0.5) is 5.82 Å². The quantitative estimate of drug-likeness (QED) is 0.809. The molecule has 0 radical (unpaired) electrons. The summed E-state index contributed by atoms with van der Waals surface area (Å²) in [5.74, 6) is 0.998. The number of anilines is 1. The van der Waals surface area contributed by atoms with Gasteiger partial charge >= 0.3 is 0 Å². The normalized spacial score (nSPS) is 10.7. The van der Waals surface area contributed by atoms with Gasteiger partial charge in [-0.05, 0) is 12.5 Å². The average molecular weight is 192 g/mol. The number of H-pyrrole nitrogens is 1. The average Bonchev–Trinajstić information content (AvgIpc) is 2.65. The molecule has 0 bridgehead atoms. The summed E-state index contributed by atoms with van der Waals surface area (Å²) in [5, 5.41) is 1.09. The van der Waals surface area contributed by atoms with Crippen LogP contribution in [0.3, 0.4) is 0 Å². The van der Waals surface area contributed by atoms with Crippen molar-refractivity contribution < 1.29 is 1.43 Å². The molecule has 0 atom stereocenters. The van der Waals surface area contributed by atoms with Gasteiger partial charge in [0.2, 0.25) is 0 Å². The van der Waals surface area contributed by atoms with Crippen molar-refractivity contribution in [3.05, 3.63) is 18.6 Å². The lowest BCUT2D eigenvalue weighted by Crippen LogP contribution is -2.19. The molecule has 4 nitrogen and oxygen atoms in total. The molecule has 0 aliphatic heterocycles. The first kappa shape index (κ1) is 8.99. The zero-order valence-electron chi connectivity index (χ0n) is 8.49. The van der Waals surface area contributed by atoms with Crippen LogP contribution >= 0.6 is 0 Å². The molecule has 4 heteroatoms. The lowest BCUT2D eigenvalue weighted by atomic mass is 10.3. The number of nitrogens with zero attached hydrogens (tertiary/aromatic N) is 3. The summed E-state index contributed by atoms with van der Waals surface area (Å²) in [6.45, 7) is 3.17. The Morgan fingerprint density at radius 2 is 2.36 bits per heavy atom. The number of aromatic amines is 1. The first-order chi connectivity index (χ1) is 6.83. The van der Waals surface area contributed by atoms with Crippen molar-refractivity contribution in [2.24, 2.45) is 0 Å². The number of aromatic nitrogens is 3. The molecule has 0 spiro atoms. The van der Waals surface area contributed by atoms with Crippen LogP contribution < -0.4 is 4.90 Å². The third-order valence-corrected chi connectivity index (χ3v) is 2.25. The van der Waals surface area contributed by atoms with Gasteiger partial charge in [0.25, 0.3) is 0 Å². The minimum atomic E-state index is 0. The Morgan fingerprint density at radius 1 is 1.50 bits per heavy atom. The molecule has 2 heterocycles. The largest absolute Gasteiger partial charge is 0.359 e. The van der Waals surface area contributed by atoms with Crippen molar-refractivity contribution in [1.29, 1.82) is 0 Å². The Morgan fingerprint density at radius 3 is 3.14 bits per heavy atom. The molecule has 1 N–H and O–H groups in total. The second-order valence-electron chi connectivity index (χ2n) is 3.36. The second-order valence-corrected chi connectivity index (χ2v) is 3.36. The van der Waals surface area contributed by atoms with Gasteiger partial charge in [0, 0.05) is 21.2 Å². The van der Waals surface area contributed by atoms with Gasteiger partial charge in [-0.2, -0.15) is 0 Å². The molecule has 2 aromatic rings. The monoisotopic (exact) mass is 192 g/mol. The Bertz CT molecular complexity index is 426. The van der Waals surface area contributed by atoms with Gasteiger partial charge in [-0.1, -0.05) is 6.92 Å². The maximum Gasteiger partial charge on any atom is 0.142 e. The van der Waals surface area contributed by atoms with E-state index >= 15 is 0 Å².